The lowest BCUT2D eigenvalue weighted by Crippen LogP contribution is -2.44. The Morgan fingerprint density at radius 2 is 1.72 bits per heavy atom. The molecule has 0 radical (unpaired) electrons. The maximum absolute atomic E-state index is 13.1. The van der Waals surface area contributed by atoms with Crippen LogP contribution in [0.1, 0.15) is 47.3 Å². The summed E-state index contributed by atoms with van der Waals surface area (Å²) >= 11 is 0. The van der Waals surface area contributed by atoms with Crippen molar-refractivity contribution >= 4 is 5.78 Å². The Labute approximate surface area is 168 Å². The van der Waals surface area contributed by atoms with Crippen LogP contribution < -0.4 is 11.2 Å². The van der Waals surface area contributed by atoms with Gasteiger partial charge in [-0.25, -0.2) is 9.18 Å². The van der Waals surface area contributed by atoms with Gasteiger partial charge in [-0.15, -0.1) is 0 Å². The van der Waals surface area contributed by atoms with Gasteiger partial charge in [0, 0.05) is 35.8 Å². The number of carbonyl (C=O) groups is 1. The zero-order chi connectivity index (χ0) is 20.4. The number of rotatable bonds is 5. The average molecular weight is 399 g/mol. The number of benzene rings is 1. The van der Waals surface area contributed by atoms with Crippen molar-refractivity contribution in [3.8, 4) is 0 Å². The normalized spacial score (nSPS) is 17.8. The molecule has 7 heteroatoms. The second kappa shape index (κ2) is 8.45. The molecule has 2 aliphatic rings. The van der Waals surface area contributed by atoms with Gasteiger partial charge in [0.1, 0.15) is 5.82 Å². The summed E-state index contributed by atoms with van der Waals surface area (Å²) in [5.41, 5.74) is 1.65. The van der Waals surface area contributed by atoms with E-state index in [9.17, 15) is 18.8 Å². The number of hydrogen-bond donors (Lipinski definition) is 1. The number of aromatic amines is 1. The molecule has 1 aromatic carbocycles. The first kappa shape index (κ1) is 19.8. The summed E-state index contributed by atoms with van der Waals surface area (Å²) in [7, 11) is 0. The molecule has 1 N–H and O–H groups in total. The van der Waals surface area contributed by atoms with E-state index in [1.807, 2.05) is 0 Å². The van der Waals surface area contributed by atoms with Gasteiger partial charge < -0.3 is 9.88 Å². The van der Waals surface area contributed by atoms with E-state index in [1.165, 1.54) is 16.7 Å². The van der Waals surface area contributed by atoms with Gasteiger partial charge in [-0.1, -0.05) is 0 Å². The fraction of sp³-hybridized carbons (Fsp3) is 0.500. The number of likely N-dealkylation sites (tertiary alicyclic amines) is 1. The van der Waals surface area contributed by atoms with Crippen molar-refractivity contribution in [3.05, 3.63) is 67.7 Å². The highest BCUT2D eigenvalue weighted by Gasteiger charge is 2.26. The fourth-order valence-corrected chi connectivity index (χ4v) is 4.44. The number of Topliss-reactive ketones (excluding diaryl/α,β-unsaturated/α-hetero) is 1. The predicted octanol–water partition coefficient (Wildman–Crippen LogP) is 2.15. The molecule has 0 saturated carbocycles. The minimum atomic E-state index is -0.344. The van der Waals surface area contributed by atoms with Crippen LogP contribution in [-0.4, -0.2) is 39.9 Å². The first-order valence-corrected chi connectivity index (χ1v) is 10.4. The van der Waals surface area contributed by atoms with Crippen molar-refractivity contribution in [2.45, 2.75) is 45.1 Å². The van der Waals surface area contributed by atoms with Crippen LogP contribution >= 0.6 is 0 Å². The third-order valence-electron chi connectivity index (χ3n) is 6.20. The van der Waals surface area contributed by atoms with E-state index in [0.717, 1.165) is 62.9 Å². The molecule has 6 nitrogen and oxygen atoms in total. The number of nitrogens with one attached hydrogen (secondary N) is 1. The summed E-state index contributed by atoms with van der Waals surface area (Å²) in [6.45, 7) is 2.46. The van der Waals surface area contributed by atoms with Crippen LogP contribution in [0.15, 0.2) is 33.9 Å². The average Bonchev–Trinajstić information content (AvgIpc) is 2.74. The zero-order valence-corrected chi connectivity index (χ0v) is 16.5. The second-order valence-electron chi connectivity index (χ2n) is 8.04. The number of hydrogen-bond acceptors (Lipinski definition) is 4. The van der Waals surface area contributed by atoms with Crippen molar-refractivity contribution in [2.75, 3.05) is 19.6 Å². The third-order valence-corrected chi connectivity index (χ3v) is 6.20. The summed E-state index contributed by atoms with van der Waals surface area (Å²) in [6, 6.07) is 5.71. The number of ketones is 1. The van der Waals surface area contributed by atoms with Gasteiger partial charge in [-0.05, 0) is 75.9 Å². The van der Waals surface area contributed by atoms with Gasteiger partial charge >= 0.3 is 5.69 Å². The van der Waals surface area contributed by atoms with Crippen molar-refractivity contribution in [2.24, 2.45) is 5.92 Å². The lowest BCUT2D eigenvalue weighted by atomic mass is 9.89. The Balaban J connectivity index is 1.35. The molecule has 29 heavy (non-hydrogen) atoms. The van der Waals surface area contributed by atoms with Gasteiger partial charge in [0.05, 0.1) is 0 Å². The van der Waals surface area contributed by atoms with E-state index in [0.29, 0.717) is 18.7 Å². The highest BCUT2D eigenvalue weighted by molar-refractivity contribution is 5.97. The molecule has 0 atom stereocenters. The summed E-state index contributed by atoms with van der Waals surface area (Å²) in [5, 5.41) is 0. The van der Waals surface area contributed by atoms with Gasteiger partial charge in [0.25, 0.3) is 5.56 Å². The number of aromatic nitrogens is 2. The molecule has 1 fully saturated rings. The number of fused-ring (bicyclic) bond motifs is 1. The standard InChI is InChI=1S/C22H26FN3O3/c23-17-7-5-15(6-8-17)20(27)16-9-11-25(12-10-16)13-14-26-21(28)18-3-1-2-4-19(18)24-22(26)29/h5-8,16H,1-4,9-14H2,(H,24,29). The highest BCUT2D eigenvalue weighted by atomic mass is 19.1. The minimum absolute atomic E-state index is 0.0620. The fourth-order valence-electron chi connectivity index (χ4n) is 4.44. The topological polar surface area (TPSA) is 75.2 Å². The zero-order valence-electron chi connectivity index (χ0n) is 16.5. The van der Waals surface area contributed by atoms with Crippen molar-refractivity contribution < 1.29 is 9.18 Å². The molecule has 2 heterocycles. The molecular weight excluding hydrogens is 373 g/mol. The molecule has 0 unspecified atom stereocenters. The minimum Gasteiger partial charge on any atom is -0.311 e. The number of piperidine rings is 1. The lowest BCUT2D eigenvalue weighted by Gasteiger charge is -2.31. The van der Waals surface area contributed by atoms with Gasteiger partial charge in [-0.2, -0.15) is 0 Å². The molecule has 0 bridgehead atoms. The molecule has 154 valence electrons. The monoisotopic (exact) mass is 399 g/mol. The molecule has 1 aliphatic heterocycles. The van der Waals surface area contributed by atoms with Gasteiger partial charge in [-0.3, -0.25) is 14.2 Å². The number of H-pyrrole nitrogens is 1. The quantitative estimate of drug-likeness (QED) is 0.782. The van der Waals surface area contributed by atoms with E-state index in [-0.39, 0.29) is 28.8 Å². The molecule has 1 aliphatic carbocycles. The van der Waals surface area contributed by atoms with Gasteiger partial charge in [0.15, 0.2) is 5.78 Å². The number of carbonyl (C=O) groups excluding carboxylic acids is 1. The van der Waals surface area contributed by atoms with Gasteiger partial charge in [0.2, 0.25) is 0 Å². The lowest BCUT2D eigenvalue weighted by molar-refractivity contribution is 0.0837. The van der Waals surface area contributed by atoms with E-state index in [2.05, 4.69) is 9.88 Å². The van der Waals surface area contributed by atoms with E-state index >= 15 is 0 Å². The van der Waals surface area contributed by atoms with Crippen molar-refractivity contribution in [1.82, 2.24) is 14.5 Å². The first-order chi connectivity index (χ1) is 14.0. The Morgan fingerprint density at radius 3 is 2.45 bits per heavy atom. The van der Waals surface area contributed by atoms with Crippen LogP contribution in [0.2, 0.25) is 0 Å². The summed E-state index contributed by atoms with van der Waals surface area (Å²) in [6.07, 6.45) is 4.97. The molecule has 4 rings (SSSR count). The smallest absolute Gasteiger partial charge is 0.311 e. The van der Waals surface area contributed by atoms with Crippen LogP contribution in [0.25, 0.3) is 0 Å². The van der Waals surface area contributed by atoms with Crippen LogP contribution in [0.4, 0.5) is 4.39 Å². The first-order valence-electron chi connectivity index (χ1n) is 10.4. The Kier molecular flexibility index (Phi) is 5.76. The van der Waals surface area contributed by atoms with E-state index in [1.54, 1.807) is 12.1 Å². The SMILES string of the molecule is O=C(c1ccc(F)cc1)C1CCN(CCn2c(=O)[nH]c3c(c2=O)CCCC3)CC1. The van der Waals surface area contributed by atoms with E-state index < -0.39 is 0 Å². The Hall–Kier alpha value is -2.54. The Morgan fingerprint density at radius 1 is 1.03 bits per heavy atom. The Bertz CT molecular complexity index is 1000. The molecule has 0 spiro atoms. The molecule has 2 aromatic rings. The summed E-state index contributed by atoms with van der Waals surface area (Å²) in [5.74, 6) is -0.345. The van der Waals surface area contributed by atoms with Crippen molar-refractivity contribution in [3.63, 3.8) is 0 Å². The summed E-state index contributed by atoms with van der Waals surface area (Å²) < 4.78 is 14.4. The largest absolute Gasteiger partial charge is 0.328 e. The van der Waals surface area contributed by atoms with Crippen LogP contribution in [-0.2, 0) is 19.4 Å². The highest BCUT2D eigenvalue weighted by Crippen LogP contribution is 2.22. The molecular formula is C22H26FN3O3. The summed E-state index contributed by atoms with van der Waals surface area (Å²) in [4.78, 5) is 42.7. The van der Waals surface area contributed by atoms with E-state index in [4.69, 9.17) is 0 Å². The van der Waals surface area contributed by atoms with Crippen LogP contribution in [0.5, 0.6) is 0 Å². The second-order valence-corrected chi connectivity index (χ2v) is 8.04. The number of halogens is 1. The number of aryl methyl sites for hydroxylation is 1. The molecule has 1 aromatic heterocycles. The predicted molar refractivity (Wildman–Crippen MR) is 108 cm³/mol. The van der Waals surface area contributed by atoms with Crippen molar-refractivity contribution in [1.29, 1.82) is 0 Å². The maximum Gasteiger partial charge on any atom is 0.328 e. The van der Waals surface area contributed by atoms with Crippen LogP contribution in [0, 0.1) is 11.7 Å². The molecule has 0 amide bonds. The maximum atomic E-state index is 13.1. The third kappa shape index (κ3) is 4.24. The molecule has 1 saturated heterocycles. The van der Waals surface area contributed by atoms with Crippen LogP contribution in [0.3, 0.4) is 0 Å². The number of nitrogens with zero attached hydrogens (tertiary/aromatic N) is 2.